The van der Waals surface area contributed by atoms with Crippen LogP contribution in [0, 0.1) is 11.2 Å². The molecule has 6 nitrogen and oxygen atoms in total. The molecule has 0 aliphatic carbocycles. The van der Waals surface area contributed by atoms with E-state index in [4.69, 9.17) is 0 Å². The van der Waals surface area contributed by atoms with Gasteiger partial charge in [-0.3, -0.25) is 4.79 Å². The van der Waals surface area contributed by atoms with Gasteiger partial charge >= 0.3 is 12.4 Å². The summed E-state index contributed by atoms with van der Waals surface area (Å²) >= 11 is 0. The largest absolute Gasteiger partial charge is 0.573 e. The monoisotopic (exact) mass is 465 g/mol. The van der Waals surface area contributed by atoms with Crippen LogP contribution < -0.4 is 10.1 Å². The van der Waals surface area contributed by atoms with Crippen molar-refractivity contribution in [1.29, 1.82) is 0 Å². The molecule has 0 unspecified atom stereocenters. The van der Waals surface area contributed by atoms with Crippen LogP contribution in [0.3, 0.4) is 0 Å². The predicted molar refractivity (Wildman–Crippen MR) is 112 cm³/mol. The average molecular weight is 465 g/mol. The lowest BCUT2D eigenvalue weighted by molar-refractivity contribution is -0.274. The van der Waals surface area contributed by atoms with Gasteiger partial charge in [0.25, 0.3) is 5.91 Å². The minimum absolute atomic E-state index is 0.0625. The van der Waals surface area contributed by atoms with Gasteiger partial charge in [0.1, 0.15) is 11.6 Å². The molecule has 2 aliphatic heterocycles. The van der Waals surface area contributed by atoms with Crippen LogP contribution in [-0.2, 0) is 0 Å². The first kappa shape index (κ1) is 22.9. The Kier molecular flexibility index (Phi) is 6.18. The van der Waals surface area contributed by atoms with Crippen molar-refractivity contribution >= 4 is 17.6 Å². The molecule has 176 valence electrons. The number of benzene rings is 2. The highest BCUT2D eigenvalue weighted by Gasteiger charge is 2.43. The van der Waals surface area contributed by atoms with Crippen LogP contribution in [-0.4, -0.2) is 54.3 Å². The van der Waals surface area contributed by atoms with E-state index in [0.29, 0.717) is 44.7 Å². The fourth-order valence-electron chi connectivity index (χ4n) is 4.45. The molecule has 10 heteroatoms. The van der Waals surface area contributed by atoms with Crippen LogP contribution in [0.2, 0.25) is 0 Å². The third-order valence-electron chi connectivity index (χ3n) is 6.28. The number of nitrogens with zero attached hydrogens (tertiary/aromatic N) is 2. The summed E-state index contributed by atoms with van der Waals surface area (Å²) in [6.07, 6.45) is -2.56. The van der Waals surface area contributed by atoms with Gasteiger partial charge in [-0.05, 0) is 61.1 Å². The highest BCUT2D eigenvalue weighted by molar-refractivity contribution is 5.94. The highest BCUT2D eigenvalue weighted by atomic mass is 19.4. The number of carbonyl (C=O) groups is 2. The van der Waals surface area contributed by atoms with Crippen LogP contribution in [0.4, 0.5) is 28.0 Å². The summed E-state index contributed by atoms with van der Waals surface area (Å²) in [4.78, 5) is 28.6. The lowest BCUT2D eigenvalue weighted by atomic mass is 9.77. The molecule has 2 aliphatic rings. The molecule has 33 heavy (non-hydrogen) atoms. The average Bonchev–Trinajstić information content (AvgIpc) is 3.18. The zero-order valence-electron chi connectivity index (χ0n) is 17.7. The number of alkyl halides is 3. The number of rotatable bonds is 3. The molecule has 1 N–H and O–H groups in total. The molecule has 2 heterocycles. The zero-order chi connectivity index (χ0) is 23.6. The Bertz CT molecular complexity index is 1020. The number of nitrogens with one attached hydrogen (secondary N) is 1. The molecule has 0 atom stereocenters. The molecular weight excluding hydrogens is 442 g/mol. The van der Waals surface area contributed by atoms with Crippen LogP contribution in [0.1, 0.15) is 29.6 Å². The Morgan fingerprint density at radius 1 is 0.909 bits per heavy atom. The molecule has 0 saturated carbocycles. The molecule has 0 radical (unpaired) electrons. The van der Waals surface area contributed by atoms with Crippen molar-refractivity contribution in [3.8, 4) is 5.75 Å². The van der Waals surface area contributed by atoms with E-state index in [0.717, 1.165) is 18.6 Å². The van der Waals surface area contributed by atoms with Gasteiger partial charge in [-0.2, -0.15) is 0 Å². The number of hydrogen-bond donors (Lipinski definition) is 1. The Hall–Kier alpha value is -3.30. The number of likely N-dealkylation sites (tertiary alicyclic amines) is 2. The summed E-state index contributed by atoms with van der Waals surface area (Å²) in [5, 5.41) is 2.69. The Balaban J connectivity index is 1.30. The van der Waals surface area contributed by atoms with E-state index in [1.807, 2.05) is 0 Å². The minimum atomic E-state index is -4.77. The third-order valence-corrected chi connectivity index (χ3v) is 6.28. The molecule has 2 saturated heterocycles. The summed E-state index contributed by atoms with van der Waals surface area (Å²) in [5.74, 6) is -1.23. The zero-order valence-corrected chi connectivity index (χ0v) is 17.7. The number of ether oxygens (including phenoxy) is 1. The summed E-state index contributed by atoms with van der Waals surface area (Å²) in [6, 6.07) is 10.5. The predicted octanol–water partition coefficient (Wildman–Crippen LogP) is 4.88. The smallest absolute Gasteiger partial charge is 0.406 e. The van der Waals surface area contributed by atoms with Crippen LogP contribution >= 0.6 is 0 Å². The normalized spacial score (nSPS) is 17.8. The van der Waals surface area contributed by atoms with Crippen LogP contribution in [0.25, 0.3) is 0 Å². The van der Waals surface area contributed by atoms with Crippen molar-refractivity contribution in [3.63, 3.8) is 0 Å². The van der Waals surface area contributed by atoms with E-state index in [2.05, 4.69) is 10.1 Å². The summed E-state index contributed by atoms with van der Waals surface area (Å²) in [6.45, 7) is 2.05. The topological polar surface area (TPSA) is 61.9 Å². The van der Waals surface area contributed by atoms with Crippen molar-refractivity contribution in [3.05, 3.63) is 59.9 Å². The van der Waals surface area contributed by atoms with Crippen LogP contribution in [0.15, 0.2) is 48.5 Å². The number of halogens is 4. The minimum Gasteiger partial charge on any atom is -0.406 e. The maximum absolute atomic E-state index is 13.9. The molecule has 0 aromatic heterocycles. The van der Waals surface area contributed by atoms with Gasteiger partial charge in [0.05, 0.1) is 5.56 Å². The number of piperidine rings is 1. The fraction of sp³-hybridized carbons (Fsp3) is 0.391. The lowest BCUT2D eigenvalue weighted by Gasteiger charge is -2.39. The van der Waals surface area contributed by atoms with Crippen molar-refractivity contribution in [2.45, 2.75) is 25.6 Å². The van der Waals surface area contributed by atoms with Gasteiger partial charge in [0, 0.05) is 31.9 Å². The van der Waals surface area contributed by atoms with E-state index in [1.165, 1.54) is 24.3 Å². The van der Waals surface area contributed by atoms with Gasteiger partial charge in [-0.15, -0.1) is 13.2 Å². The molecule has 3 amide bonds. The van der Waals surface area contributed by atoms with E-state index < -0.39 is 12.2 Å². The van der Waals surface area contributed by atoms with Crippen molar-refractivity contribution < 1.29 is 31.9 Å². The second kappa shape index (κ2) is 8.92. The first-order valence-electron chi connectivity index (χ1n) is 10.6. The van der Waals surface area contributed by atoms with E-state index >= 15 is 0 Å². The van der Waals surface area contributed by atoms with Gasteiger partial charge in [0.2, 0.25) is 0 Å². The van der Waals surface area contributed by atoms with Crippen molar-refractivity contribution in [2.75, 3.05) is 31.5 Å². The second-order valence-corrected chi connectivity index (χ2v) is 8.45. The molecule has 2 fully saturated rings. The van der Waals surface area contributed by atoms with Gasteiger partial charge in [-0.25, -0.2) is 9.18 Å². The number of urea groups is 1. The first-order valence-corrected chi connectivity index (χ1v) is 10.6. The molecule has 1 spiro atoms. The summed E-state index contributed by atoms with van der Waals surface area (Å²) in [7, 11) is 0. The molecular formula is C23H23F4N3O3. The van der Waals surface area contributed by atoms with Gasteiger partial charge in [-0.1, -0.05) is 12.1 Å². The van der Waals surface area contributed by atoms with Gasteiger partial charge in [0.15, 0.2) is 0 Å². The van der Waals surface area contributed by atoms with E-state index in [9.17, 15) is 27.2 Å². The lowest BCUT2D eigenvalue weighted by Crippen LogP contribution is -2.45. The Labute approximate surface area is 188 Å². The number of amides is 3. The summed E-state index contributed by atoms with van der Waals surface area (Å²) in [5.41, 5.74) is 0.321. The number of carbonyl (C=O) groups excluding carboxylic acids is 2. The maximum atomic E-state index is 13.9. The fourth-order valence-corrected chi connectivity index (χ4v) is 4.45. The number of anilines is 1. The molecule has 2 aromatic carbocycles. The Morgan fingerprint density at radius 3 is 2.12 bits per heavy atom. The van der Waals surface area contributed by atoms with Crippen molar-refractivity contribution in [1.82, 2.24) is 9.80 Å². The van der Waals surface area contributed by atoms with Crippen LogP contribution in [0.5, 0.6) is 5.75 Å². The SMILES string of the molecule is O=C(Nc1ccc(OC(F)(F)F)cc1)N1CCC2(CCN(C(=O)c3ccccc3F)CC2)C1. The second-order valence-electron chi connectivity index (χ2n) is 8.45. The first-order chi connectivity index (χ1) is 15.6. The van der Waals surface area contributed by atoms with E-state index in [1.54, 1.807) is 21.9 Å². The Morgan fingerprint density at radius 2 is 1.52 bits per heavy atom. The third kappa shape index (κ3) is 5.37. The van der Waals surface area contributed by atoms with E-state index in [-0.39, 0.29) is 28.7 Å². The standard InChI is InChI=1S/C23H23F4N3O3/c24-19-4-2-1-3-18(19)20(31)29-12-9-22(10-13-29)11-14-30(15-22)21(32)28-16-5-7-17(8-6-16)33-23(25,26)27/h1-8H,9-15H2,(H,28,32). The maximum Gasteiger partial charge on any atom is 0.573 e. The molecule has 0 bridgehead atoms. The highest BCUT2D eigenvalue weighted by Crippen LogP contribution is 2.41. The summed E-state index contributed by atoms with van der Waals surface area (Å²) < 4.78 is 54.6. The van der Waals surface area contributed by atoms with Crippen molar-refractivity contribution in [2.24, 2.45) is 5.41 Å². The van der Waals surface area contributed by atoms with Gasteiger partial charge < -0.3 is 19.9 Å². The molecule has 2 aromatic rings. The quantitative estimate of drug-likeness (QED) is 0.657. The number of hydrogen-bond acceptors (Lipinski definition) is 3. The molecule has 4 rings (SSSR count).